The van der Waals surface area contributed by atoms with Crippen LogP contribution in [0.4, 0.5) is 11.4 Å². The summed E-state index contributed by atoms with van der Waals surface area (Å²) in [5.74, 6) is 0.205. The normalized spacial score (nSPS) is 10.1. The first kappa shape index (κ1) is 14.5. The van der Waals surface area contributed by atoms with E-state index < -0.39 is 0 Å². The highest BCUT2D eigenvalue weighted by atomic mass is 35.5. The van der Waals surface area contributed by atoms with Gasteiger partial charge in [0.1, 0.15) is 5.75 Å². The van der Waals surface area contributed by atoms with Crippen LogP contribution in [0.3, 0.4) is 0 Å². The van der Waals surface area contributed by atoms with Gasteiger partial charge in [-0.15, -0.1) is 0 Å². The highest BCUT2D eigenvalue weighted by molar-refractivity contribution is 6.39. The van der Waals surface area contributed by atoms with Crippen LogP contribution in [0.15, 0.2) is 42.5 Å². The molecule has 0 radical (unpaired) electrons. The van der Waals surface area contributed by atoms with Crippen LogP contribution in [0.25, 0.3) is 0 Å². The van der Waals surface area contributed by atoms with Crippen LogP contribution >= 0.6 is 23.2 Å². The first-order valence-electron chi connectivity index (χ1n) is 5.78. The molecule has 0 atom stereocenters. The average Bonchev–Trinajstić information content (AvgIpc) is 2.42. The molecule has 4 nitrogen and oxygen atoms in total. The van der Waals surface area contributed by atoms with Gasteiger partial charge in [-0.2, -0.15) is 0 Å². The average molecular weight is 311 g/mol. The second-order valence-corrected chi connectivity index (χ2v) is 4.82. The summed E-state index contributed by atoms with van der Waals surface area (Å²) >= 11 is 11.9. The summed E-state index contributed by atoms with van der Waals surface area (Å²) in [5.41, 5.74) is 6.56. The molecule has 104 valence electrons. The summed E-state index contributed by atoms with van der Waals surface area (Å²) in [6.07, 6.45) is 0. The Kier molecular flexibility index (Phi) is 4.71. The van der Waals surface area contributed by atoms with Crippen molar-refractivity contribution in [3.63, 3.8) is 0 Å². The number of anilines is 2. The number of nitrogens with two attached hydrogens (primary N) is 1. The molecule has 0 fully saturated rings. The van der Waals surface area contributed by atoms with Crippen molar-refractivity contribution in [3.05, 3.63) is 52.5 Å². The van der Waals surface area contributed by atoms with Gasteiger partial charge >= 0.3 is 0 Å². The third-order valence-electron chi connectivity index (χ3n) is 2.48. The number of hydrogen-bond donors (Lipinski definition) is 2. The number of amides is 1. The molecule has 0 saturated carbocycles. The number of nitrogen functional groups attached to an aromatic ring is 1. The van der Waals surface area contributed by atoms with Crippen LogP contribution in [-0.2, 0) is 4.79 Å². The van der Waals surface area contributed by atoms with Crippen LogP contribution in [0, 0.1) is 0 Å². The van der Waals surface area contributed by atoms with Crippen molar-refractivity contribution in [2.75, 3.05) is 17.7 Å². The van der Waals surface area contributed by atoms with Gasteiger partial charge in [-0.3, -0.25) is 4.79 Å². The van der Waals surface area contributed by atoms with Gasteiger partial charge in [0.25, 0.3) is 5.91 Å². The quantitative estimate of drug-likeness (QED) is 0.848. The number of nitrogens with one attached hydrogen (secondary N) is 1. The maximum absolute atomic E-state index is 11.8. The standard InChI is InChI=1S/C14H12Cl2N2O2/c15-11-2-1-3-12(16)14(11)18-13(19)8-20-10-6-4-9(17)5-7-10/h1-7H,8,17H2,(H,18,19). The van der Waals surface area contributed by atoms with E-state index in [-0.39, 0.29) is 12.5 Å². The number of halogens is 2. The first-order valence-corrected chi connectivity index (χ1v) is 6.54. The summed E-state index contributed by atoms with van der Waals surface area (Å²) in [4.78, 5) is 11.8. The summed E-state index contributed by atoms with van der Waals surface area (Å²) < 4.78 is 5.32. The molecule has 0 aromatic heterocycles. The Hall–Kier alpha value is -1.91. The fourth-order valence-corrected chi connectivity index (χ4v) is 2.00. The van der Waals surface area contributed by atoms with Crippen molar-refractivity contribution in [3.8, 4) is 5.75 Å². The minimum atomic E-state index is -0.350. The molecule has 0 heterocycles. The lowest BCUT2D eigenvalue weighted by Gasteiger charge is -2.10. The second-order valence-electron chi connectivity index (χ2n) is 4.00. The van der Waals surface area contributed by atoms with E-state index in [0.29, 0.717) is 27.2 Å². The van der Waals surface area contributed by atoms with Crippen LogP contribution < -0.4 is 15.8 Å². The van der Waals surface area contributed by atoms with Crippen molar-refractivity contribution in [2.45, 2.75) is 0 Å². The van der Waals surface area contributed by atoms with E-state index in [9.17, 15) is 4.79 Å². The smallest absolute Gasteiger partial charge is 0.262 e. The van der Waals surface area contributed by atoms with Crippen molar-refractivity contribution in [2.24, 2.45) is 0 Å². The summed E-state index contributed by atoms with van der Waals surface area (Å²) in [7, 11) is 0. The maximum Gasteiger partial charge on any atom is 0.262 e. The Labute approximate surface area is 126 Å². The van der Waals surface area contributed by atoms with Gasteiger partial charge in [0.05, 0.1) is 15.7 Å². The third kappa shape index (κ3) is 3.79. The number of benzene rings is 2. The van der Waals surface area contributed by atoms with Crippen LogP contribution in [0.2, 0.25) is 10.0 Å². The molecule has 2 rings (SSSR count). The Morgan fingerprint density at radius 2 is 1.70 bits per heavy atom. The Balaban J connectivity index is 1.94. The predicted octanol–water partition coefficient (Wildman–Crippen LogP) is 3.59. The Morgan fingerprint density at radius 3 is 2.30 bits per heavy atom. The number of ether oxygens (including phenoxy) is 1. The lowest BCUT2D eigenvalue weighted by Crippen LogP contribution is -2.20. The zero-order valence-corrected chi connectivity index (χ0v) is 11.9. The molecule has 6 heteroatoms. The first-order chi connectivity index (χ1) is 9.56. The molecule has 0 unspecified atom stereocenters. The number of hydrogen-bond acceptors (Lipinski definition) is 3. The topological polar surface area (TPSA) is 64.3 Å². The van der Waals surface area contributed by atoms with E-state index in [1.54, 1.807) is 42.5 Å². The maximum atomic E-state index is 11.8. The van der Waals surface area contributed by atoms with E-state index in [1.807, 2.05) is 0 Å². The largest absolute Gasteiger partial charge is 0.484 e. The number of carbonyl (C=O) groups is 1. The minimum Gasteiger partial charge on any atom is -0.484 e. The van der Waals surface area contributed by atoms with Gasteiger partial charge in [-0.1, -0.05) is 29.3 Å². The number of carbonyl (C=O) groups excluding carboxylic acids is 1. The molecule has 2 aromatic rings. The van der Waals surface area contributed by atoms with Gasteiger partial charge in [0.2, 0.25) is 0 Å². The molecule has 0 aliphatic heterocycles. The molecule has 3 N–H and O–H groups in total. The SMILES string of the molecule is Nc1ccc(OCC(=O)Nc2c(Cl)cccc2Cl)cc1. The number of rotatable bonds is 4. The summed E-state index contributed by atoms with van der Waals surface area (Å²) in [6.45, 7) is -0.147. The highest BCUT2D eigenvalue weighted by Crippen LogP contribution is 2.29. The fourth-order valence-electron chi connectivity index (χ4n) is 1.51. The molecule has 0 aliphatic rings. The van der Waals surface area contributed by atoms with Gasteiger partial charge in [0.15, 0.2) is 6.61 Å². The minimum absolute atomic E-state index is 0.147. The van der Waals surface area contributed by atoms with E-state index >= 15 is 0 Å². The Morgan fingerprint density at radius 1 is 1.10 bits per heavy atom. The van der Waals surface area contributed by atoms with Crippen LogP contribution in [-0.4, -0.2) is 12.5 Å². The van der Waals surface area contributed by atoms with Gasteiger partial charge in [0, 0.05) is 5.69 Å². The third-order valence-corrected chi connectivity index (χ3v) is 3.11. The van der Waals surface area contributed by atoms with E-state index in [0.717, 1.165) is 0 Å². The molecule has 2 aromatic carbocycles. The number of para-hydroxylation sites is 1. The Bertz CT molecular complexity index is 595. The van der Waals surface area contributed by atoms with Crippen molar-refractivity contribution in [1.82, 2.24) is 0 Å². The molecule has 0 saturated heterocycles. The van der Waals surface area contributed by atoms with E-state index in [2.05, 4.69) is 5.32 Å². The molecule has 0 bridgehead atoms. The van der Waals surface area contributed by atoms with E-state index in [4.69, 9.17) is 33.7 Å². The second kappa shape index (κ2) is 6.50. The highest BCUT2D eigenvalue weighted by Gasteiger charge is 2.10. The monoisotopic (exact) mass is 310 g/mol. The summed E-state index contributed by atoms with van der Waals surface area (Å²) in [6, 6.07) is 11.7. The summed E-state index contributed by atoms with van der Waals surface area (Å²) in [5, 5.41) is 3.35. The van der Waals surface area contributed by atoms with Crippen molar-refractivity contribution >= 4 is 40.5 Å². The zero-order valence-electron chi connectivity index (χ0n) is 10.4. The molecule has 0 aliphatic carbocycles. The fraction of sp³-hybridized carbons (Fsp3) is 0.0714. The van der Waals surface area contributed by atoms with E-state index in [1.165, 1.54) is 0 Å². The molecular formula is C14H12Cl2N2O2. The predicted molar refractivity (Wildman–Crippen MR) is 81.4 cm³/mol. The molecule has 1 amide bonds. The van der Waals surface area contributed by atoms with Crippen molar-refractivity contribution < 1.29 is 9.53 Å². The van der Waals surface area contributed by atoms with Gasteiger partial charge < -0.3 is 15.8 Å². The lowest BCUT2D eigenvalue weighted by molar-refractivity contribution is -0.118. The molecular weight excluding hydrogens is 299 g/mol. The molecule has 20 heavy (non-hydrogen) atoms. The van der Waals surface area contributed by atoms with Crippen LogP contribution in [0.1, 0.15) is 0 Å². The lowest BCUT2D eigenvalue weighted by atomic mass is 10.3. The molecule has 0 spiro atoms. The van der Waals surface area contributed by atoms with Gasteiger partial charge in [-0.25, -0.2) is 0 Å². The zero-order chi connectivity index (χ0) is 14.5. The van der Waals surface area contributed by atoms with Gasteiger partial charge in [-0.05, 0) is 36.4 Å². The van der Waals surface area contributed by atoms with Crippen molar-refractivity contribution in [1.29, 1.82) is 0 Å². The van der Waals surface area contributed by atoms with Crippen LogP contribution in [0.5, 0.6) is 5.75 Å².